The maximum Gasteiger partial charge on any atom is 0.0685 e. The van der Waals surface area contributed by atoms with Crippen LogP contribution in [0.3, 0.4) is 0 Å². The molecule has 2 aliphatic rings. The van der Waals surface area contributed by atoms with Gasteiger partial charge in [-0.25, -0.2) is 0 Å². The van der Waals surface area contributed by atoms with Crippen LogP contribution in [0.5, 0.6) is 0 Å². The van der Waals surface area contributed by atoms with E-state index in [2.05, 4.69) is 6.92 Å². The number of halogens is 1. The van der Waals surface area contributed by atoms with Gasteiger partial charge in [-0.15, -0.1) is 11.6 Å². The number of alkyl halides is 1. The molecule has 0 bridgehead atoms. The number of ether oxygens (including phenoxy) is 1. The molecule has 0 aromatic heterocycles. The molecule has 100 valence electrons. The molecule has 1 aliphatic heterocycles. The van der Waals surface area contributed by atoms with Crippen LogP contribution in [0.4, 0.5) is 0 Å². The van der Waals surface area contributed by atoms with Crippen LogP contribution >= 0.6 is 11.6 Å². The van der Waals surface area contributed by atoms with Crippen LogP contribution < -0.4 is 0 Å². The quantitative estimate of drug-likeness (QED) is 0.651. The van der Waals surface area contributed by atoms with Gasteiger partial charge in [0.25, 0.3) is 0 Å². The summed E-state index contributed by atoms with van der Waals surface area (Å²) in [7, 11) is 0. The van der Waals surface area contributed by atoms with E-state index in [1.54, 1.807) is 0 Å². The molecule has 0 N–H and O–H groups in total. The summed E-state index contributed by atoms with van der Waals surface area (Å²) in [6.45, 7) is 3.17. The molecule has 2 fully saturated rings. The van der Waals surface area contributed by atoms with Crippen LogP contribution in [0, 0.1) is 5.92 Å². The van der Waals surface area contributed by atoms with Crippen LogP contribution in [0.2, 0.25) is 0 Å². The molecule has 2 atom stereocenters. The van der Waals surface area contributed by atoms with Crippen molar-refractivity contribution in [2.45, 2.75) is 82.1 Å². The lowest BCUT2D eigenvalue weighted by atomic mass is 9.75. The van der Waals surface area contributed by atoms with Gasteiger partial charge in [-0.05, 0) is 50.9 Å². The van der Waals surface area contributed by atoms with Crippen molar-refractivity contribution < 1.29 is 4.74 Å². The molecule has 2 rings (SSSR count). The largest absolute Gasteiger partial charge is 0.375 e. The average Bonchev–Trinajstić information content (AvgIpc) is 2.37. The predicted octanol–water partition coefficient (Wildman–Crippen LogP) is 4.91. The van der Waals surface area contributed by atoms with Gasteiger partial charge in [-0.2, -0.15) is 0 Å². The van der Waals surface area contributed by atoms with Gasteiger partial charge < -0.3 is 4.74 Å². The molecule has 0 aromatic rings. The Labute approximate surface area is 111 Å². The highest BCUT2D eigenvalue weighted by Crippen LogP contribution is 2.42. The van der Waals surface area contributed by atoms with E-state index in [0.29, 0.717) is 5.38 Å². The summed E-state index contributed by atoms with van der Waals surface area (Å²) in [6.07, 6.45) is 13.0. The van der Waals surface area contributed by atoms with Crippen molar-refractivity contribution in [3.63, 3.8) is 0 Å². The van der Waals surface area contributed by atoms with Gasteiger partial charge in [-0.1, -0.05) is 26.2 Å². The van der Waals surface area contributed by atoms with Gasteiger partial charge in [0.1, 0.15) is 0 Å². The fourth-order valence-corrected chi connectivity index (χ4v) is 3.67. The molecule has 1 saturated heterocycles. The topological polar surface area (TPSA) is 9.23 Å². The normalized spacial score (nSPS) is 30.4. The number of rotatable bonds is 4. The highest BCUT2D eigenvalue weighted by molar-refractivity contribution is 6.20. The lowest BCUT2D eigenvalue weighted by molar-refractivity contribution is -0.118. The van der Waals surface area contributed by atoms with Gasteiger partial charge >= 0.3 is 0 Å². The number of hydrogen-bond acceptors (Lipinski definition) is 1. The van der Waals surface area contributed by atoms with E-state index < -0.39 is 0 Å². The summed E-state index contributed by atoms with van der Waals surface area (Å²) in [5, 5.41) is 0.389. The summed E-state index contributed by atoms with van der Waals surface area (Å²) in [5.41, 5.74) is 0.273. The fraction of sp³-hybridized carbons (Fsp3) is 1.00. The van der Waals surface area contributed by atoms with Crippen LogP contribution in [0.25, 0.3) is 0 Å². The van der Waals surface area contributed by atoms with Crippen molar-refractivity contribution in [3.05, 3.63) is 0 Å². The Balaban J connectivity index is 1.79. The van der Waals surface area contributed by atoms with E-state index >= 15 is 0 Å². The third-order valence-corrected chi connectivity index (χ3v) is 5.22. The fourth-order valence-electron chi connectivity index (χ4n) is 3.54. The van der Waals surface area contributed by atoms with E-state index in [1.165, 1.54) is 57.8 Å². The molecule has 1 spiro atoms. The molecule has 1 nitrogen and oxygen atoms in total. The van der Waals surface area contributed by atoms with Crippen LogP contribution in [-0.2, 0) is 4.74 Å². The van der Waals surface area contributed by atoms with Gasteiger partial charge in [0.15, 0.2) is 0 Å². The third kappa shape index (κ3) is 3.86. The minimum atomic E-state index is 0.273. The Hall–Kier alpha value is 0.250. The Morgan fingerprint density at radius 3 is 2.76 bits per heavy atom. The second-order valence-electron chi connectivity index (χ2n) is 6.03. The SMILES string of the molecule is CCC(Cl)CCC1CCOC2(CCCCC2)C1. The van der Waals surface area contributed by atoms with Crippen molar-refractivity contribution in [2.75, 3.05) is 6.61 Å². The van der Waals surface area contributed by atoms with Crippen molar-refractivity contribution in [1.29, 1.82) is 0 Å². The first-order valence-corrected chi connectivity index (χ1v) is 7.96. The average molecular weight is 259 g/mol. The maximum absolute atomic E-state index is 6.23. The first-order valence-electron chi connectivity index (χ1n) is 7.52. The summed E-state index contributed by atoms with van der Waals surface area (Å²) >= 11 is 6.23. The van der Waals surface area contributed by atoms with Gasteiger partial charge in [0.05, 0.1) is 5.60 Å². The molecule has 1 heterocycles. The molecule has 0 aromatic carbocycles. The van der Waals surface area contributed by atoms with E-state index in [-0.39, 0.29) is 5.60 Å². The van der Waals surface area contributed by atoms with Gasteiger partial charge in [0, 0.05) is 12.0 Å². The van der Waals surface area contributed by atoms with Crippen molar-refractivity contribution in [3.8, 4) is 0 Å². The van der Waals surface area contributed by atoms with Crippen LogP contribution in [0.15, 0.2) is 0 Å². The molecular weight excluding hydrogens is 232 g/mol. The molecule has 17 heavy (non-hydrogen) atoms. The zero-order chi connectivity index (χ0) is 12.1. The van der Waals surface area contributed by atoms with Gasteiger partial charge in [-0.3, -0.25) is 0 Å². The van der Waals surface area contributed by atoms with Crippen molar-refractivity contribution >= 4 is 11.6 Å². The summed E-state index contributed by atoms with van der Waals surface area (Å²) in [6, 6.07) is 0. The summed E-state index contributed by atoms with van der Waals surface area (Å²) in [5.74, 6) is 0.870. The third-order valence-electron chi connectivity index (χ3n) is 4.69. The smallest absolute Gasteiger partial charge is 0.0685 e. The molecule has 1 aliphatic carbocycles. The Morgan fingerprint density at radius 2 is 2.06 bits per heavy atom. The lowest BCUT2D eigenvalue weighted by Gasteiger charge is -2.43. The minimum Gasteiger partial charge on any atom is -0.375 e. The molecule has 0 radical (unpaired) electrons. The van der Waals surface area contributed by atoms with Crippen molar-refractivity contribution in [1.82, 2.24) is 0 Å². The van der Waals surface area contributed by atoms with E-state index in [9.17, 15) is 0 Å². The van der Waals surface area contributed by atoms with E-state index in [1.807, 2.05) is 0 Å². The standard InChI is InChI=1S/C15H27ClO/c1-2-14(16)7-6-13-8-11-17-15(12-13)9-4-3-5-10-15/h13-14H,2-12H2,1H3. The lowest BCUT2D eigenvalue weighted by Crippen LogP contribution is -2.41. The maximum atomic E-state index is 6.23. The van der Waals surface area contributed by atoms with E-state index in [0.717, 1.165) is 18.9 Å². The van der Waals surface area contributed by atoms with Gasteiger partial charge in [0.2, 0.25) is 0 Å². The first kappa shape index (κ1) is 13.7. The Kier molecular flexibility index (Phi) is 5.17. The zero-order valence-electron chi connectivity index (χ0n) is 11.2. The van der Waals surface area contributed by atoms with Crippen molar-refractivity contribution in [2.24, 2.45) is 5.92 Å². The molecular formula is C15H27ClO. The highest BCUT2D eigenvalue weighted by atomic mass is 35.5. The molecule has 0 amide bonds. The second-order valence-corrected chi connectivity index (χ2v) is 6.65. The Morgan fingerprint density at radius 1 is 1.29 bits per heavy atom. The summed E-state index contributed by atoms with van der Waals surface area (Å²) in [4.78, 5) is 0. The second kappa shape index (κ2) is 6.43. The monoisotopic (exact) mass is 258 g/mol. The number of hydrogen-bond donors (Lipinski definition) is 0. The van der Waals surface area contributed by atoms with Crippen LogP contribution in [0.1, 0.15) is 71.1 Å². The molecule has 2 heteroatoms. The minimum absolute atomic E-state index is 0.273. The zero-order valence-corrected chi connectivity index (χ0v) is 12.0. The first-order chi connectivity index (χ1) is 8.24. The van der Waals surface area contributed by atoms with Crippen LogP contribution in [-0.4, -0.2) is 17.6 Å². The summed E-state index contributed by atoms with van der Waals surface area (Å²) < 4.78 is 6.14. The predicted molar refractivity (Wildman–Crippen MR) is 73.7 cm³/mol. The Bertz CT molecular complexity index is 217. The molecule has 1 saturated carbocycles. The highest BCUT2D eigenvalue weighted by Gasteiger charge is 2.38. The van der Waals surface area contributed by atoms with E-state index in [4.69, 9.17) is 16.3 Å². The molecule has 2 unspecified atom stereocenters.